The molecule has 0 aliphatic heterocycles. The molecule has 0 saturated heterocycles. The fourth-order valence-electron chi connectivity index (χ4n) is 2.60. The molecule has 1 aliphatic carbocycles. The second-order valence-electron chi connectivity index (χ2n) is 5.21. The first-order chi connectivity index (χ1) is 8.66. The molecule has 1 saturated carbocycles. The van der Waals surface area contributed by atoms with E-state index in [2.05, 4.69) is 5.32 Å². The van der Waals surface area contributed by atoms with Gasteiger partial charge in [0.1, 0.15) is 0 Å². The first kappa shape index (κ1) is 13.1. The molecule has 1 aromatic rings. The van der Waals surface area contributed by atoms with Crippen LogP contribution in [-0.4, -0.2) is 17.9 Å². The maximum Gasteiger partial charge on any atom is 0.179 e. The van der Waals surface area contributed by atoms with Crippen molar-refractivity contribution < 1.29 is 4.79 Å². The summed E-state index contributed by atoms with van der Waals surface area (Å²) in [7, 11) is 0. The molecule has 0 amide bonds. The van der Waals surface area contributed by atoms with Gasteiger partial charge in [0.05, 0.1) is 6.04 Å². The third kappa shape index (κ3) is 3.33. The second kappa shape index (κ2) is 6.01. The number of hydrogen-bond donors (Lipinski definition) is 2. The van der Waals surface area contributed by atoms with E-state index in [9.17, 15) is 4.79 Å². The van der Waals surface area contributed by atoms with E-state index in [-0.39, 0.29) is 11.8 Å². The molecule has 0 heterocycles. The zero-order valence-corrected chi connectivity index (χ0v) is 11.0. The van der Waals surface area contributed by atoms with Gasteiger partial charge in [-0.25, -0.2) is 0 Å². The van der Waals surface area contributed by atoms with Crippen molar-refractivity contribution in [2.45, 2.75) is 51.1 Å². The Balaban J connectivity index is 1.93. The molecule has 3 N–H and O–H groups in total. The summed E-state index contributed by atoms with van der Waals surface area (Å²) >= 11 is 0. The van der Waals surface area contributed by atoms with Gasteiger partial charge in [-0.2, -0.15) is 0 Å². The molecule has 18 heavy (non-hydrogen) atoms. The lowest BCUT2D eigenvalue weighted by molar-refractivity contribution is 0.0940. The van der Waals surface area contributed by atoms with Crippen LogP contribution < -0.4 is 11.1 Å². The molecule has 98 valence electrons. The van der Waals surface area contributed by atoms with Gasteiger partial charge in [-0.05, 0) is 44.0 Å². The van der Waals surface area contributed by atoms with Gasteiger partial charge in [-0.15, -0.1) is 0 Å². The van der Waals surface area contributed by atoms with E-state index in [4.69, 9.17) is 5.73 Å². The highest BCUT2D eigenvalue weighted by atomic mass is 16.1. The molecule has 2 rings (SSSR count). The minimum Gasteiger partial charge on any atom is -0.399 e. The second-order valence-corrected chi connectivity index (χ2v) is 5.21. The maximum atomic E-state index is 12.2. The van der Waals surface area contributed by atoms with Gasteiger partial charge in [0.25, 0.3) is 0 Å². The van der Waals surface area contributed by atoms with Crippen LogP contribution in [0.4, 0.5) is 5.69 Å². The standard InChI is InChI=1S/C15H22N2O/c1-11(17-14-5-3-2-4-6-14)15(18)12-7-9-13(16)10-8-12/h7-11,14,17H,2-6,16H2,1H3. The number of carbonyl (C=O) groups is 1. The van der Waals surface area contributed by atoms with E-state index in [1.807, 2.05) is 6.92 Å². The van der Waals surface area contributed by atoms with E-state index in [1.54, 1.807) is 24.3 Å². The van der Waals surface area contributed by atoms with Crippen LogP contribution in [0.25, 0.3) is 0 Å². The highest BCUT2D eigenvalue weighted by Crippen LogP contribution is 2.18. The van der Waals surface area contributed by atoms with Crippen molar-refractivity contribution in [1.29, 1.82) is 0 Å². The van der Waals surface area contributed by atoms with Crippen molar-refractivity contribution in [3.05, 3.63) is 29.8 Å². The van der Waals surface area contributed by atoms with E-state index in [0.717, 1.165) is 5.56 Å². The Morgan fingerprint density at radius 3 is 2.44 bits per heavy atom. The molecule has 1 aromatic carbocycles. The van der Waals surface area contributed by atoms with Gasteiger partial charge in [0, 0.05) is 17.3 Å². The SMILES string of the molecule is CC(NC1CCCCC1)C(=O)c1ccc(N)cc1. The number of Topliss-reactive ketones (excluding diaryl/α,β-unsaturated/α-hetero) is 1. The molecule has 3 heteroatoms. The first-order valence-corrected chi connectivity index (χ1v) is 6.82. The Morgan fingerprint density at radius 1 is 1.22 bits per heavy atom. The van der Waals surface area contributed by atoms with Crippen LogP contribution >= 0.6 is 0 Å². The molecule has 1 aliphatic rings. The van der Waals surface area contributed by atoms with Crippen molar-refractivity contribution in [3.63, 3.8) is 0 Å². The van der Waals surface area contributed by atoms with E-state index >= 15 is 0 Å². The Hall–Kier alpha value is -1.35. The van der Waals surface area contributed by atoms with Crippen LogP contribution in [0.15, 0.2) is 24.3 Å². The van der Waals surface area contributed by atoms with Crippen molar-refractivity contribution >= 4 is 11.5 Å². The van der Waals surface area contributed by atoms with Crippen LogP contribution in [0.1, 0.15) is 49.4 Å². The molecule has 0 aromatic heterocycles. The quantitative estimate of drug-likeness (QED) is 0.634. The van der Waals surface area contributed by atoms with Gasteiger partial charge in [-0.1, -0.05) is 19.3 Å². The number of hydrogen-bond acceptors (Lipinski definition) is 3. The molecule has 3 nitrogen and oxygen atoms in total. The lowest BCUT2D eigenvalue weighted by Crippen LogP contribution is -2.42. The summed E-state index contributed by atoms with van der Waals surface area (Å²) < 4.78 is 0. The Kier molecular flexibility index (Phi) is 4.37. The molecule has 1 unspecified atom stereocenters. The van der Waals surface area contributed by atoms with Gasteiger partial charge in [-0.3, -0.25) is 4.79 Å². The lowest BCUT2D eigenvalue weighted by Gasteiger charge is -2.26. The first-order valence-electron chi connectivity index (χ1n) is 6.82. The average Bonchev–Trinajstić information content (AvgIpc) is 2.40. The monoisotopic (exact) mass is 246 g/mol. The van der Waals surface area contributed by atoms with Crippen molar-refractivity contribution in [1.82, 2.24) is 5.32 Å². The van der Waals surface area contributed by atoms with Crippen LogP contribution in [0.3, 0.4) is 0 Å². The number of carbonyl (C=O) groups excluding carboxylic acids is 1. The number of nitrogen functional groups attached to an aromatic ring is 1. The van der Waals surface area contributed by atoms with Gasteiger partial charge in [0.15, 0.2) is 5.78 Å². The van der Waals surface area contributed by atoms with Crippen LogP contribution in [0.5, 0.6) is 0 Å². The van der Waals surface area contributed by atoms with Crippen molar-refractivity contribution in [2.75, 3.05) is 5.73 Å². The largest absolute Gasteiger partial charge is 0.399 e. The van der Waals surface area contributed by atoms with Gasteiger partial charge in [0.2, 0.25) is 0 Å². The molecule has 1 atom stereocenters. The third-order valence-electron chi connectivity index (χ3n) is 3.68. The fourth-order valence-corrected chi connectivity index (χ4v) is 2.60. The summed E-state index contributed by atoms with van der Waals surface area (Å²) in [4.78, 5) is 12.2. The van der Waals surface area contributed by atoms with Gasteiger partial charge < -0.3 is 11.1 Å². The molecule has 0 bridgehead atoms. The summed E-state index contributed by atoms with van der Waals surface area (Å²) in [6, 6.07) is 7.55. The zero-order valence-electron chi connectivity index (χ0n) is 11.0. The summed E-state index contributed by atoms with van der Waals surface area (Å²) in [5, 5.41) is 3.45. The van der Waals surface area contributed by atoms with E-state index in [1.165, 1.54) is 32.1 Å². The van der Waals surface area contributed by atoms with E-state index < -0.39 is 0 Å². The minimum atomic E-state index is -0.114. The summed E-state index contributed by atoms with van der Waals surface area (Å²) in [5.74, 6) is 0.153. The molecule has 0 radical (unpaired) electrons. The number of rotatable bonds is 4. The van der Waals surface area contributed by atoms with Crippen LogP contribution in [-0.2, 0) is 0 Å². The number of benzene rings is 1. The highest BCUT2D eigenvalue weighted by Gasteiger charge is 2.20. The lowest BCUT2D eigenvalue weighted by atomic mass is 9.94. The fraction of sp³-hybridized carbons (Fsp3) is 0.533. The molecule has 1 fully saturated rings. The Labute approximate surface area is 109 Å². The number of ketones is 1. The van der Waals surface area contributed by atoms with Crippen molar-refractivity contribution in [3.8, 4) is 0 Å². The normalized spacial score (nSPS) is 18.5. The predicted molar refractivity (Wildman–Crippen MR) is 74.7 cm³/mol. The Morgan fingerprint density at radius 2 is 1.83 bits per heavy atom. The molecular formula is C15H22N2O. The number of nitrogens with two attached hydrogens (primary N) is 1. The van der Waals surface area contributed by atoms with Crippen LogP contribution in [0, 0.1) is 0 Å². The summed E-state index contributed by atoms with van der Waals surface area (Å²) in [6.07, 6.45) is 6.28. The van der Waals surface area contributed by atoms with Gasteiger partial charge >= 0.3 is 0 Å². The predicted octanol–water partition coefficient (Wildman–Crippen LogP) is 2.76. The zero-order chi connectivity index (χ0) is 13.0. The highest BCUT2D eigenvalue weighted by molar-refractivity contribution is 6.00. The number of nitrogens with one attached hydrogen (secondary N) is 1. The minimum absolute atomic E-state index is 0.114. The smallest absolute Gasteiger partial charge is 0.179 e. The summed E-state index contributed by atoms with van der Waals surface area (Å²) in [6.45, 7) is 1.95. The average molecular weight is 246 g/mol. The maximum absolute atomic E-state index is 12.2. The summed E-state index contributed by atoms with van der Waals surface area (Å²) in [5.41, 5.74) is 7.06. The van der Waals surface area contributed by atoms with E-state index in [0.29, 0.717) is 11.7 Å². The third-order valence-corrected chi connectivity index (χ3v) is 3.68. The van der Waals surface area contributed by atoms with Crippen LogP contribution in [0.2, 0.25) is 0 Å². The topological polar surface area (TPSA) is 55.1 Å². The molecule has 0 spiro atoms. The van der Waals surface area contributed by atoms with Crippen molar-refractivity contribution in [2.24, 2.45) is 0 Å². The Bertz CT molecular complexity index is 393. The number of anilines is 1. The molecular weight excluding hydrogens is 224 g/mol.